The summed E-state index contributed by atoms with van der Waals surface area (Å²) in [5.41, 5.74) is -0.459. The van der Waals surface area contributed by atoms with Gasteiger partial charge in [0.05, 0.1) is 12.1 Å². The van der Waals surface area contributed by atoms with E-state index < -0.39 is 23.1 Å². The molecule has 1 aliphatic rings. The summed E-state index contributed by atoms with van der Waals surface area (Å²) in [5.74, 6) is -0.433. The highest BCUT2D eigenvalue weighted by atomic mass is 16.6. The molecule has 7 heteroatoms. The second-order valence-corrected chi connectivity index (χ2v) is 9.84. The van der Waals surface area contributed by atoms with Crippen LogP contribution in [-0.4, -0.2) is 34.3 Å². The van der Waals surface area contributed by atoms with Gasteiger partial charge in [-0.3, -0.25) is 9.59 Å². The summed E-state index contributed by atoms with van der Waals surface area (Å²) in [6, 6.07) is 12.9. The maximum atomic E-state index is 13.0. The highest BCUT2D eigenvalue weighted by Gasteiger charge is 2.35. The van der Waals surface area contributed by atoms with Crippen LogP contribution in [0.4, 0.5) is 4.79 Å². The molecule has 1 aromatic heterocycles. The molecule has 1 aromatic carbocycles. The molecule has 2 aromatic rings. The number of alkyl carbamates (subject to hydrolysis) is 1. The van der Waals surface area contributed by atoms with E-state index in [0.717, 1.165) is 44.1 Å². The first-order chi connectivity index (χ1) is 15.7. The van der Waals surface area contributed by atoms with Gasteiger partial charge >= 0.3 is 6.09 Å². The molecule has 1 fully saturated rings. The highest BCUT2D eigenvalue weighted by molar-refractivity contribution is 5.93. The monoisotopic (exact) mass is 453 g/mol. The number of benzene rings is 1. The van der Waals surface area contributed by atoms with Gasteiger partial charge in [0.15, 0.2) is 0 Å². The third-order valence-electron chi connectivity index (χ3n) is 5.87. The Morgan fingerprint density at radius 3 is 2.30 bits per heavy atom. The number of hydrogen-bond donors (Lipinski definition) is 2. The molecule has 178 valence electrons. The molecule has 1 heterocycles. The van der Waals surface area contributed by atoms with Crippen molar-refractivity contribution in [1.82, 2.24) is 15.2 Å². The summed E-state index contributed by atoms with van der Waals surface area (Å²) in [5, 5.41) is 5.95. The smallest absolute Gasteiger partial charge is 0.408 e. The fraction of sp³-hybridized carbons (Fsp3) is 0.500. The first kappa shape index (κ1) is 24.6. The van der Waals surface area contributed by atoms with Crippen molar-refractivity contribution in [1.29, 1.82) is 0 Å². The standard InChI is InChI=1S/C26H35N3O4/c1-25(2,3)33-24(32)28-26(15-9-4-5-10-16-26)19-27-22(30)21-14-11-17-29(23(21)31)18-20-12-7-6-8-13-20/h6-8,11-14,17H,4-5,9-10,15-16,18-19H2,1-3H3,(H,27,30)(H,28,32). The van der Waals surface area contributed by atoms with E-state index in [1.54, 1.807) is 18.3 Å². The van der Waals surface area contributed by atoms with Crippen molar-refractivity contribution in [3.05, 3.63) is 70.1 Å². The Balaban J connectivity index is 1.73. The van der Waals surface area contributed by atoms with Crippen molar-refractivity contribution in [3.8, 4) is 0 Å². The topological polar surface area (TPSA) is 89.4 Å². The molecule has 0 aliphatic heterocycles. The van der Waals surface area contributed by atoms with E-state index in [0.29, 0.717) is 6.54 Å². The number of aromatic nitrogens is 1. The molecule has 3 rings (SSSR count). The minimum absolute atomic E-state index is 0.0921. The second-order valence-electron chi connectivity index (χ2n) is 9.84. The van der Waals surface area contributed by atoms with Crippen molar-refractivity contribution < 1.29 is 14.3 Å². The summed E-state index contributed by atoms with van der Waals surface area (Å²) in [6.07, 6.45) is 6.80. The van der Waals surface area contributed by atoms with Crippen LogP contribution in [0.15, 0.2) is 53.5 Å². The van der Waals surface area contributed by atoms with E-state index in [-0.39, 0.29) is 17.7 Å². The van der Waals surface area contributed by atoms with Crippen molar-refractivity contribution in [2.75, 3.05) is 6.54 Å². The quantitative estimate of drug-likeness (QED) is 0.640. The number of carbonyl (C=O) groups is 2. The van der Waals surface area contributed by atoms with Gasteiger partial charge in [-0.05, 0) is 51.3 Å². The van der Waals surface area contributed by atoms with Gasteiger partial charge in [-0.2, -0.15) is 0 Å². The van der Waals surface area contributed by atoms with Gasteiger partial charge in [-0.25, -0.2) is 4.79 Å². The van der Waals surface area contributed by atoms with Crippen LogP contribution >= 0.6 is 0 Å². The summed E-state index contributed by atoms with van der Waals surface area (Å²) < 4.78 is 7.01. The minimum Gasteiger partial charge on any atom is -0.444 e. The predicted octanol–water partition coefficient (Wildman–Crippen LogP) is 4.24. The molecule has 0 saturated heterocycles. The Morgan fingerprint density at radius 1 is 1.00 bits per heavy atom. The number of nitrogens with zero attached hydrogens (tertiary/aromatic N) is 1. The average Bonchev–Trinajstić information content (AvgIpc) is 2.99. The molecule has 33 heavy (non-hydrogen) atoms. The maximum absolute atomic E-state index is 13.0. The molecule has 0 spiro atoms. The molecule has 0 bridgehead atoms. The predicted molar refractivity (Wildman–Crippen MR) is 128 cm³/mol. The molecular weight excluding hydrogens is 418 g/mol. The van der Waals surface area contributed by atoms with Crippen LogP contribution in [0.1, 0.15) is 75.2 Å². The Morgan fingerprint density at radius 2 is 1.67 bits per heavy atom. The van der Waals surface area contributed by atoms with Gasteiger partial charge in [-0.15, -0.1) is 0 Å². The van der Waals surface area contributed by atoms with Crippen LogP contribution in [0, 0.1) is 0 Å². The normalized spacial score (nSPS) is 15.8. The zero-order chi connectivity index (χ0) is 23.9. The van der Waals surface area contributed by atoms with Crippen LogP contribution in [0.3, 0.4) is 0 Å². The molecule has 0 radical (unpaired) electrons. The molecule has 1 aliphatic carbocycles. The molecule has 2 N–H and O–H groups in total. The van der Waals surface area contributed by atoms with Crippen LogP contribution in [0.25, 0.3) is 0 Å². The van der Waals surface area contributed by atoms with Crippen LogP contribution < -0.4 is 16.2 Å². The largest absolute Gasteiger partial charge is 0.444 e. The van der Waals surface area contributed by atoms with Gasteiger partial charge in [0.25, 0.3) is 11.5 Å². The molecule has 0 atom stereocenters. The number of ether oxygens (including phenoxy) is 1. The molecule has 2 amide bonds. The fourth-order valence-corrected chi connectivity index (χ4v) is 4.23. The summed E-state index contributed by atoms with van der Waals surface area (Å²) in [4.78, 5) is 38.5. The lowest BCUT2D eigenvalue weighted by Gasteiger charge is -2.35. The van der Waals surface area contributed by atoms with Crippen molar-refractivity contribution in [3.63, 3.8) is 0 Å². The number of hydrogen-bond acceptors (Lipinski definition) is 4. The van der Waals surface area contributed by atoms with Gasteiger partial charge in [0.1, 0.15) is 11.2 Å². The lowest BCUT2D eigenvalue weighted by molar-refractivity contribution is 0.0437. The fourth-order valence-electron chi connectivity index (χ4n) is 4.23. The second kappa shape index (κ2) is 10.7. The third kappa shape index (κ3) is 7.20. The number of carbonyl (C=O) groups excluding carboxylic acids is 2. The first-order valence-electron chi connectivity index (χ1n) is 11.7. The number of rotatable bonds is 6. The summed E-state index contributed by atoms with van der Waals surface area (Å²) >= 11 is 0. The molecular formula is C26H35N3O4. The number of amides is 2. The van der Waals surface area contributed by atoms with Crippen molar-refractivity contribution in [2.45, 2.75) is 77.0 Å². The Bertz CT molecular complexity index is 1000. The van der Waals surface area contributed by atoms with E-state index in [9.17, 15) is 14.4 Å². The Hall–Kier alpha value is -3.09. The average molecular weight is 454 g/mol. The zero-order valence-electron chi connectivity index (χ0n) is 19.9. The van der Waals surface area contributed by atoms with Crippen LogP contribution in [-0.2, 0) is 11.3 Å². The van der Waals surface area contributed by atoms with Crippen LogP contribution in [0.5, 0.6) is 0 Å². The van der Waals surface area contributed by atoms with Gasteiger partial charge < -0.3 is 19.9 Å². The molecule has 1 saturated carbocycles. The van der Waals surface area contributed by atoms with E-state index in [1.165, 1.54) is 4.57 Å². The maximum Gasteiger partial charge on any atom is 0.408 e. The lowest BCUT2D eigenvalue weighted by Crippen LogP contribution is -2.56. The molecule has 7 nitrogen and oxygen atoms in total. The summed E-state index contributed by atoms with van der Waals surface area (Å²) in [6.45, 7) is 6.11. The van der Waals surface area contributed by atoms with E-state index in [4.69, 9.17) is 4.74 Å². The van der Waals surface area contributed by atoms with Crippen molar-refractivity contribution >= 4 is 12.0 Å². The number of nitrogens with one attached hydrogen (secondary N) is 2. The highest BCUT2D eigenvalue weighted by Crippen LogP contribution is 2.27. The number of pyridine rings is 1. The Labute approximate surface area is 195 Å². The molecule has 0 unspecified atom stereocenters. The van der Waals surface area contributed by atoms with Gasteiger partial charge in [-0.1, -0.05) is 56.0 Å². The van der Waals surface area contributed by atoms with Gasteiger partial charge in [0.2, 0.25) is 0 Å². The van der Waals surface area contributed by atoms with Gasteiger partial charge in [0, 0.05) is 12.7 Å². The lowest BCUT2D eigenvalue weighted by atomic mass is 9.90. The van der Waals surface area contributed by atoms with Crippen molar-refractivity contribution in [2.24, 2.45) is 0 Å². The minimum atomic E-state index is -0.604. The SMILES string of the molecule is CC(C)(C)OC(=O)NC1(CNC(=O)c2cccn(Cc3ccccc3)c2=O)CCCCCC1. The van der Waals surface area contributed by atoms with E-state index >= 15 is 0 Å². The summed E-state index contributed by atoms with van der Waals surface area (Å²) in [7, 11) is 0. The van der Waals surface area contributed by atoms with Crippen LogP contribution in [0.2, 0.25) is 0 Å². The third-order valence-corrected chi connectivity index (χ3v) is 5.87. The van der Waals surface area contributed by atoms with E-state index in [2.05, 4.69) is 10.6 Å². The zero-order valence-corrected chi connectivity index (χ0v) is 19.9. The van der Waals surface area contributed by atoms with E-state index in [1.807, 2.05) is 51.1 Å². The first-order valence-corrected chi connectivity index (χ1v) is 11.7. The Kier molecular flexibility index (Phi) is 7.95.